The van der Waals surface area contributed by atoms with Crippen molar-refractivity contribution >= 4 is 37.6 Å². The summed E-state index contributed by atoms with van der Waals surface area (Å²) in [7, 11) is -2.53. The van der Waals surface area contributed by atoms with Crippen LogP contribution in [0.25, 0.3) is 0 Å². The van der Waals surface area contributed by atoms with Gasteiger partial charge in [-0.25, -0.2) is 13.2 Å². The number of nitrogens with zero attached hydrogens (tertiary/aromatic N) is 1. The first-order valence-corrected chi connectivity index (χ1v) is 9.63. The van der Waals surface area contributed by atoms with Crippen LogP contribution in [0.3, 0.4) is 0 Å². The Bertz CT molecular complexity index is 892. The second kappa shape index (κ2) is 7.84. The quantitative estimate of drug-likeness (QED) is 0.521. The van der Waals surface area contributed by atoms with Crippen LogP contribution in [-0.4, -0.2) is 28.0 Å². The Balaban J connectivity index is 2.60. The Morgan fingerprint density at radius 3 is 2.44 bits per heavy atom. The molecule has 0 aromatic heterocycles. The lowest BCUT2D eigenvalue weighted by Gasteiger charge is -2.25. The molecule has 0 saturated carbocycles. The molecule has 5 nitrogen and oxygen atoms in total. The third-order valence-electron chi connectivity index (χ3n) is 3.68. The van der Waals surface area contributed by atoms with Gasteiger partial charge in [-0.1, -0.05) is 28.1 Å². The Morgan fingerprint density at radius 2 is 1.88 bits per heavy atom. The van der Waals surface area contributed by atoms with E-state index >= 15 is 0 Å². The molecule has 2 aromatic carbocycles. The van der Waals surface area contributed by atoms with Crippen LogP contribution in [0.2, 0.25) is 0 Å². The zero-order valence-electron chi connectivity index (χ0n) is 13.9. The molecule has 0 N–H and O–H groups in total. The van der Waals surface area contributed by atoms with Crippen molar-refractivity contribution in [2.75, 3.05) is 18.0 Å². The predicted octanol–water partition coefficient (Wildman–Crippen LogP) is 3.93. The first-order valence-electron chi connectivity index (χ1n) is 7.40. The van der Waals surface area contributed by atoms with Crippen molar-refractivity contribution in [3.05, 3.63) is 70.7 Å². The molecule has 0 bridgehead atoms. The number of methoxy groups -OCH3 is 1. The van der Waals surface area contributed by atoms with Gasteiger partial charge in [0.25, 0.3) is 10.0 Å². The van der Waals surface area contributed by atoms with Crippen LogP contribution in [0.4, 0.5) is 5.69 Å². The number of carbonyl (C=O) groups is 1. The molecule has 2 rings (SSSR count). The van der Waals surface area contributed by atoms with E-state index in [0.717, 1.165) is 4.47 Å². The van der Waals surface area contributed by atoms with Gasteiger partial charge in [0.15, 0.2) is 0 Å². The Morgan fingerprint density at radius 1 is 1.24 bits per heavy atom. The highest BCUT2D eigenvalue weighted by Crippen LogP contribution is 2.29. The number of esters is 1. The average molecular weight is 424 g/mol. The molecular formula is C18H18BrNO4S. The van der Waals surface area contributed by atoms with Crippen LogP contribution in [0.5, 0.6) is 0 Å². The number of anilines is 1. The van der Waals surface area contributed by atoms with Crippen molar-refractivity contribution in [2.45, 2.75) is 11.8 Å². The summed E-state index contributed by atoms with van der Waals surface area (Å²) in [5.74, 6) is -0.515. The number of hydrogen-bond acceptors (Lipinski definition) is 4. The van der Waals surface area contributed by atoms with Gasteiger partial charge in [0.2, 0.25) is 0 Å². The molecule has 0 aliphatic heterocycles. The fourth-order valence-electron chi connectivity index (χ4n) is 2.40. The van der Waals surface area contributed by atoms with Crippen molar-refractivity contribution in [3.8, 4) is 0 Å². The highest BCUT2D eigenvalue weighted by Gasteiger charge is 2.26. The minimum atomic E-state index is -3.82. The maximum absolute atomic E-state index is 13.1. The van der Waals surface area contributed by atoms with Gasteiger partial charge in [-0.2, -0.15) is 0 Å². The molecule has 0 aliphatic rings. The molecule has 2 aromatic rings. The Hall–Kier alpha value is -2.12. The number of ether oxygens (including phenoxy) is 1. The fourth-order valence-corrected chi connectivity index (χ4v) is 4.16. The van der Waals surface area contributed by atoms with Gasteiger partial charge in [-0.05, 0) is 48.9 Å². The Kier molecular flexibility index (Phi) is 6.02. The number of hydrogen-bond donors (Lipinski definition) is 0. The van der Waals surface area contributed by atoms with Crippen LogP contribution in [0.15, 0.2) is 64.5 Å². The second-order valence-electron chi connectivity index (χ2n) is 5.22. The standard InChI is InChI=1S/C18H18BrNO4S/c1-4-12-20(25(22,23)15-10-8-14(19)9-11-15)17-7-5-6-16(13(17)2)18(21)24-3/h4-11H,1,12H2,2-3H3. The molecule has 7 heteroatoms. The fraction of sp³-hybridized carbons (Fsp3) is 0.167. The number of rotatable bonds is 6. The van der Waals surface area contributed by atoms with Gasteiger partial charge < -0.3 is 4.74 Å². The summed E-state index contributed by atoms with van der Waals surface area (Å²) in [6.07, 6.45) is 1.50. The SMILES string of the molecule is C=CCN(c1cccc(C(=O)OC)c1C)S(=O)(=O)c1ccc(Br)cc1. The topological polar surface area (TPSA) is 63.7 Å². The normalized spacial score (nSPS) is 11.0. The summed E-state index contributed by atoms with van der Waals surface area (Å²) >= 11 is 3.29. The zero-order valence-corrected chi connectivity index (χ0v) is 16.3. The van der Waals surface area contributed by atoms with Crippen molar-refractivity contribution in [1.82, 2.24) is 0 Å². The average Bonchev–Trinajstić information content (AvgIpc) is 2.60. The summed E-state index contributed by atoms with van der Waals surface area (Å²) < 4.78 is 32.9. The molecule has 0 fully saturated rings. The molecule has 0 radical (unpaired) electrons. The molecular weight excluding hydrogens is 406 g/mol. The highest BCUT2D eigenvalue weighted by atomic mass is 79.9. The molecule has 0 atom stereocenters. The molecule has 0 saturated heterocycles. The molecule has 0 aliphatic carbocycles. The van der Waals surface area contributed by atoms with Crippen molar-refractivity contribution in [1.29, 1.82) is 0 Å². The van der Waals surface area contributed by atoms with Gasteiger partial charge in [0.1, 0.15) is 0 Å². The van der Waals surface area contributed by atoms with Crippen LogP contribution in [0, 0.1) is 6.92 Å². The smallest absolute Gasteiger partial charge is 0.338 e. The van der Waals surface area contributed by atoms with Gasteiger partial charge in [0, 0.05) is 4.47 Å². The summed E-state index contributed by atoms with van der Waals surface area (Å²) in [4.78, 5) is 12.1. The van der Waals surface area contributed by atoms with E-state index in [4.69, 9.17) is 4.74 Å². The molecule has 0 spiro atoms. The number of benzene rings is 2. The van der Waals surface area contributed by atoms with Crippen molar-refractivity contribution in [2.24, 2.45) is 0 Å². The molecule has 25 heavy (non-hydrogen) atoms. The van der Waals surface area contributed by atoms with E-state index in [1.165, 1.54) is 29.6 Å². The number of sulfonamides is 1. The van der Waals surface area contributed by atoms with E-state index in [1.807, 2.05) is 0 Å². The summed E-state index contributed by atoms with van der Waals surface area (Å²) in [5, 5.41) is 0. The lowest BCUT2D eigenvalue weighted by atomic mass is 10.1. The summed E-state index contributed by atoms with van der Waals surface area (Å²) in [6.45, 7) is 5.41. The van der Waals surface area contributed by atoms with E-state index in [-0.39, 0.29) is 11.4 Å². The molecule has 0 heterocycles. The minimum Gasteiger partial charge on any atom is -0.465 e. The molecule has 0 unspecified atom stereocenters. The van der Waals surface area contributed by atoms with E-state index in [1.54, 1.807) is 37.3 Å². The third kappa shape index (κ3) is 3.93. The van der Waals surface area contributed by atoms with E-state index in [2.05, 4.69) is 22.5 Å². The van der Waals surface area contributed by atoms with Gasteiger partial charge in [-0.15, -0.1) is 6.58 Å². The van der Waals surface area contributed by atoms with Crippen LogP contribution in [0.1, 0.15) is 15.9 Å². The van der Waals surface area contributed by atoms with Crippen molar-refractivity contribution in [3.63, 3.8) is 0 Å². The highest BCUT2D eigenvalue weighted by molar-refractivity contribution is 9.10. The number of carbonyl (C=O) groups excluding carboxylic acids is 1. The number of halogens is 1. The zero-order chi connectivity index (χ0) is 18.6. The predicted molar refractivity (Wildman–Crippen MR) is 101 cm³/mol. The lowest BCUT2D eigenvalue weighted by molar-refractivity contribution is 0.0600. The van der Waals surface area contributed by atoms with Crippen LogP contribution < -0.4 is 4.31 Å². The first-order chi connectivity index (χ1) is 11.8. The monoisotopic (exact) mass is 423 g/mol. The maximum atomic E-state index is 13.1. The minimum absolute atomic E-state index is 0.0733. The largest absolute Gasteiger partial charge is 0.465 e. The lowest BCUT2D eigenvalue weighted by Crippen LogP contribution is -2.32. The molecule has 0 amide bonds. The second-order valence-corrected chi connectivity index (χ2v) is 8.00. The summed E-state index contributed by atoms with van der Waals surface area (Å²) in [5.41, 5.74) is 1.25. The van der Waals surface area contributed by atoms with Crippen LogP contribution in [-0.2, 0) is 14.8 Å². The van der Waals surface area contributed by atoms with E-state index in [9.17, 15) is 13.2 Å². The van der Waals surface area contributed by atoms with Gasteiger partial charge in [-0.3, -0.25) is 4.31 Å². The molecule has 132 valence electrons. The van der Waals surface area contributed by atoms with E-state index in [0.29, 0.717) is 16.8 Å². The Labute approximate surface area is 156 Å². The van der Waals surface area contributed by atoms with E-state index < -0.39 is 16.0 Å². The maximum Gasteiger partial charge on any atom is 0.338 e. The van der Waals surface area contributed by atoms with Crippen molar-refractivity contribution < 1.29 is 17.9 Å². The van der Waals surface area contributed by atoms with Gasteiger partial charge in [0.05, 0.1) is 29.8 Å². The third-order valence-corrected chi connectivity index (χ3v) is 6.00. The summed E-state index contributed by atoms with van der Waals surface area (Å²) in [6, 6.07) is 11.3. The van der Waals surface area contributed by atoms with Gasteiger partial charge >= 0.3 is 5.97 Å². The first kappa shape index (κ1) is 19.2. The van der Waals surface area contributed by atoms with Crippen LogP contribution >= 0.6 is 15.9 Å².